The summed E-state index contributed by atoms with van der Waals surface area (Å²) in [5.74, 6) is 0.832. The van der Waals surface area contributed by atoms with Gasteiger partial charge in [-0.3, -0.25) is 0 Å². The molecular weight excluding hydrogens is 293 g/mol. The van der Waals surface area contributed by atoms with E-state index in [1.165, 1.54) is 12.1 Å². The molecule has 0 amide bonds. The van der Waals surface area contributed by atoms with Crippen LogP contribution in [0.4, 0.5) is 4.39 Å². The molecule has 0 fully saturated rings. The van der Waals surface area contributed by atoms with E-state index in [1.807, 2.05) is 0 Å². The van der Waals surface area contributed by atoms with Crippen molar-refractivity contribution in [2.75, 3.05) is 7.11 Å². The first-order chi connectivity index (χ1) is 10.1. The van der Waals surface area contributed by atoms with Gasteiger partial charge in [0.15, 0.2) is 0 Å². The van der Waals surface area contributed by atoms with Gasteiger partial charge in [-0.25, -0.2) is 4.39 Å². The third-order valence-electron chi connectivity index (χ3n) is 3.33. The van der Waals surface area contributed by atoms with E-state index in [4.69, 9.17) is 26.5 Å². The number of ether oxygens (including phenoxy) is 1. The summed E-state index contributed by atoms with van der Waals surface area (Å²) < 4.78 is 24.2. The van der Waals surface area contributed by atoms with E-state index in [1.54, 1.807) is 37.4 Å². The Morgan fingerprint density at radius 2 is 2.00 bits per heavy atom. The first-order valence-electron chi connectivity index (χ1n) is 6.36. The van der Waals surface area contributed by atoms with Crippen molar-refractivity contribution < 1.29 is 13.5 Å². The summed E-state index contributed by atoms with van der Waals surface area (Å²) in [5, 5.41) is 1.23. The summed E-state index contributed by atoms with van der Waals surface area (Å²) in [6, 6.07) is 10.7. The number of hydrogen-bond donors (Lipinski definition) is 1. The minimum atomic E-state index is -0.547. The molecule has 0 bridgehead atoms. The Bertz CT molecular complexity index is 800. The summed E-state index contributed by atoms with van der Waals surface area (Å²) >= 11 is 6.01. The number of hydrogen-bond acceptors (Lipinski definition) is 3. The first-order valence-corrected chi connectivity index (χ1v) is 6.74. The molecule has 0 aliphatic heterocycles. The van der Waals surface area contributed by atoms with Crippen LogP contribution in [0.5, 0.6) is 5.75 Å². The van der Waals surface area contributed by atoms with Crippen molar-refractivity contribution in [1.82, 2.24) is 0 Å². The van der Waals surface area contributed by atoms with E-state index < -0.39 is 6.04 Å². The van der Waals surface area contributed by atoms with Gasteiger partial charge in [0.1, 0.15) is 22.9 Å². The quantitative estimate of drug-likeness (QED) is 0.785. The van der Waals surface area contributed by atoms with Gasteiger partial charge in [0, 0.05) is 16.0 Å². The van der Waals surface area contributed by atoms with Crippen LogP contribution in [0.3, 0.4) is 0 Å². The highest BCUT2D eigenvalue weighted by molar-refractivity contribution is 6.30. The molecular formula is C16H13ClFNO2. The van der Waals surface area contributed by atoms with Gasteiger partial charge in [-0.1, -0.05) is 11.6 Å². The fourth-order valence-electron chi connectivity index (χ4n) is 2.29. The van der Waals surface area contributed by atoms with Crippen LogP contribution in [0.15, 0.2) is 46.9 Å². The molecule has 1 atom stereocenters. The highest BCUT2D eigenvalue weighted by atomic mass is 35.5. The standard InChI is InChI=1S/C16H13ClFNO2/c1-20-14-4-2-10(17)8-12(14)16(19)15-7-9-6-11(18)3-5-13(9)21-15/h2-8,16H,19H2,1H3. The molecule has 0 spiro atoms. The van der Waals surface area contributed by atoms with E-state index in [9.17, 15) is 4.39 Å². The summed E-state index contributed by atoms with van der Waals surface area (Å²) in [6.45, 7) is 0. The Morgan fingerprint density at radius 3 is 2.76 bits per heavy atom. The smallest absolute Gasteiger partial charge is 0.134 e. The molecule has 5 heteroatoms. The van der Waals surface area contributed by atoms with Crippen LogP contribution in [0.2, 0.25) is 5.02 Å². The topological polar surface area (TPSA) is 48.4 Å². The number of halogens is 2. The average Bonchev–Trinajstić information content (AvgIpc) is 2.89. The summed E-state index contributed by atoms with van der Waals surface area (Å²) in [7, 11) is 1.56. The SMILES string of the molecule is COc1ccc(Cl)cc1C(N)c1cc2cc(F)ccc2o1. The lowest BCUT2D eigenvalue weighted by Crippen LogP contribution is -2.12. The molecule has 2 aromatic carbocycles. The van der Waals surface area contributed by atoms with E-state index >= 15 is 0 Å². The molecule has 21 heavy (non-hydrogen) atoms. The van der Waals surface area contributed by atoms with Crippen molar-refractivity contribution in [3.63, 3.8) is 0 Å². The van der Waals surface area contributed by atoms with Crippen LogP contribution < -0.4 is 10.5 Å². The summed E-state index contributed by atoms with van der Waals surface area (Å²) in [6.07, 6.45) is 0. The van der Waals surface area contributed by atoms with Crippen LogP contribution in [0.25, 0.3) is 11.0 Å². The van der Waals surface area contributed by atoms with Crippen LogP contribution in [-0.2, 0) is 0 Å². The van der Waals surface area contributed by atoms with Gasteiger partial charge >= 0.3 is 0 Å². The zero-order valence-electron chi connectivity index (χ0n) is 11.3. The molecule has 1 unspecified atom stereocenters. The highest BCUT2D eigenvalue weighted by Crippen LogP contribution is 2.33. The van der Waals surface area contributed by atoms with Crippen LogP contribution in [-0.4, -0.2) is 7.11 Å². The van der Waals surface area contributed by atoms with Crippen molar-refractivity contribution in [2.24, 2.45) is 5.73 Å². The second-order valence-corrected chi connectivity index (χ2v) is 5.13. The van der Waals surface area contributed by atoms with Gasteiger partial charge in [-0.2, -0.15) is 0 Å². The Morgan fingerprint density at radius 1 is 1.19 bits per heavy atom. The lowest BCUT2D eigenvalue weighted by Gasteiger charge is -2.14. The van der Waals surface area contributed by atoms with E-state index in [-0.39, 0.29) is 5.82 Å². The van der Waals surface area contributed by atoms with Crippen molar-refractivity contribution in [1.29, 1.82) is 0 Å². The molecule has 0 radical (unpaired) electrons. The van der Waals surface area contributed by atoms with Gasteiger partial charge in [0.25, 0.3) is 0 Å². The monoisotopic (exact) mass is 305 g/mol. The lowest BCUT2D eigenvalue weighted by molar-refractivity contribution is 0.404. The zero-order valence-corrected chi connectivity index (χ0v) is 12.0. The Labute approximate surface area is 126 Å². The molecule has 1 heterocycles. The molecule has 0 saturated carbocycles. The molecule has 0 saturated heterocycles. The predicted molar refractivity (Wildman–Crippen MR) is 80.2 cm³/mol. The minimum absolute atomic E-state index is 0.316. The van der Waals surface area contributed by atoms with Crippen LogP contribution >= 0.6 is 11.6 Å². The Balaban J connectivity index is 2.07. The van der Waals surface area contributed by atoms with E-state index in [2.05, 4.69) is 0 Å². The number of furan rings is 1. The molecule has 0 aliphatic rings. The predicted octanol–water partition coefficient (Wildman–Crippen LogP) is 4.28. The number of benzene rings is 2. The number of fused-ring (bicyclic) bond motifs is 1. The zero-order chi connectivity index (χ0) is 15.0. The molecule has 0 aliphatic carbocycles. The van der Waals surface area contributed by atoms with Gasteiger partial charge in [-0.15, -0.1) is 0 Å². The summed E-state index contributed by atoms with van der Waals surface area (Å²) in [5.41, 5.74) is 7.54. The largest absolute Gasteiger partial charge is 0.496 e. The van der Waals surface area contributed by atoms with Gasteiger partial charge < -0.3 is 14.9 Å². The second kappa shape index (κ2) is 5.39. The average molecular weight is 306 g/mol. The van der Waals surface area contributed by atoms with Crippen LogP contribution in [0, 0.1) is 5.82 Å². The Kier molecular flexibility index (Phi) is 3.57. The summed E-state index contributed by atoms with van der Waals surface area (Å²) in [4.78, 5) is 0. The van der Waals surface area contributed by atoms with Gasteiger partial charge in [0.2, 0.25) is 0 Å². The molecule has 3 nitrogen and oxygen atoms in total. The van der Waals surface area contributed by atoms with Gasteiger partial charge in [0.05, 0.1) is 13.2 Å². The Hall–Kier alpha value is -2.04. The van der Waals surface area contributed by atoms with E-state index in [0.717, 1.165) is 0 Å². The molecule has 3 aromatic rings. The number of rotatable bonds is 3. The second-order valence-electron chi connectivity index (χ2n) is 4.69. The normalized spacial score (nSPS) is 12.6. The van der Waals surface area contributed by atoms with Crippen LogP contribution in [0.1, 0.15) is 17.4 Å². The third-order valence-corrected chi connectivity index (χ3v) is 3.57. The number of nitrogens with two attached hydrogens (primary N) is 1. The molecule has 2 N–H and O–H groups in total. The minimum Gasteiger partial charge on any atom is -0.496 e. The number of methoxy groups -OCH3 is 1. The van der Waals surface area contributed by atoms with Gasteiger partial charge in [-0.05, 0) is 42.5 Å². The molecule has 1 aromatic heterocycles. The maximum atomic E-state index is 13.2. The maximum Gasteiger partial charge on any atom is 0.134 e. The lowest BCUT2D eigenvalue weighted by atomic mass is 10.0. The first kappa shape index (κ1) is 13.9. The fraction of sp³-hybridized carbons (Fsp3) is 0.125. The van der Waals surface area contributed by atoms with E-state index in [0.29, 0.717) is 33.1 Å². The van der Waals surface area contributed by atoms with Crippen molar-refractivity contribution >= 4 is 22.6 Å². The van der Waals surface area contributed by atoms with Crippen molar-refractivity contribution in [3.8, 4) is 5.75 Å². The van der Waals surface area contributed by atoms with Crippen molar-refractivity contribution in [2.45, 2.75) is 6.04 Å². The highest BCUT2D eigenvalue weighted by Gasteiger charge is 2.18. The molecule has 3 rings (SSSR count). The molecule has 108 valence electrons. The maximum absolute atomic E-state index is 13.2. The fourth-order valence-corrected chi connectivity index (χ4v) is 2.47. The van der Waals surface area contributed by atoms with Crippen molar-refractivity contribution in [3.05, 3.63) is 64.6 Å². The third kappa shape index (κ3) is 2.60.